The van der Waals surface area contributed by atoms with E-state index in [4.69, 9.17) is 11.0 Å². The number of nitrogens with zero attached hydrogens (tertiary/aromatic N) is 4. The van der Waals surface area contributed by atoms with Gasteiger partial charge in [0.15, 0.2) is 0 Å². The third-order valence-electron chi connectivity index (χ3n) is 3.43. The van der Waals surface area contributed by atoms with E-state index >= 15 is 0 Å². The summed E-state index contributed by atoms with van der Waals surface area (Å²) >= 11 is 0. The summed E-state index contributed by atoms with van der Waals surface area (Å²) in [6.45, 7) is 1.79. The first kappa shape index (κ1) is 16.0. The van der Waals surface area contributed by atoms with Crippen LogP contribution in [0.4, 0.5) is 5.95 Å². The zero-order chi connectivity index (χ0) is 17.8. The molecule has 3 N–H and O–H groups in total. The topological polar surface area (TPSA) is 109 Å². The lowest BCUT2D eigenvalue weighted by atomic mass is 10.0. The van der Waals surface area contributed by atoms with Crippen molar-refractivity contribution in [3.05, 3.63) is 65.1 Å². The Hall–Kier alpha value is -3.90. The first-order valence-electron chi connectivity index (χ1n) is 7.37. The van der Waals surface area contributed by atoms with Crippen LogP contribution in [0, 0.1) is 30.1 Å². The van der Waals surface area contributed by atoms with E-state index in [1.165, 1.54) is 12.3 Å². The second kappa shape index (κ2) is 6.69. The van der Waals surface area contributed by atoms with E-state index < -0.39 is 0 Å². The number of aromatic hydroxyl groups is 1. The van der Waals surface area contributed by atoms with Crippen LogP contribution >= 0.6 is 0 Å². The standard InChI is InChI=1S/C19H13N5O/c1-12-17(6-5-14-8-16(25)11-22-10-14)18(24-19(21)23-12)15-4-2-3-13(7-15)9-20/h2-4,7-8,10-11,25H,1H3,(H2,21,23,24). The maximum atomic E-state index is 9.49. The average molecular weight is 327 g/mol. The van der Waals surface area contributed by atoms with Gasteiger partial charge in [0.2, 0.25) is 5.95 Å². The van der Waals surface area contributed by atoms with E-state index in [0.717, 1.165) is 5.56 Å². The SMILES string of the molecule is Cc1nc(N)nc(-c2cccc(C#N)c2)c1C#Cc1cncc(O)c1. The molecular weight excluding hydrogens is 314 g/mol. The summed E-state index contributed by atoms with van der Waals surface area (Å²) in [5, 5.41) is 18.6. The minimum absolute atomic E-state index is 0.0408. The van der Waals surface area contributed by atoms with E-state index in [-0.39, 0.29) is 11.7 Å². The van der Waals surface area contributed by atoms with Crippen LogP contribution < -0.4 is 5.73 Å². The molecule has 0 aliphatic heterocycles. The number of pyridine rings is 1. The Balaban J connectivity index is 2.16. The van der Waals surface area contributed by atoms with Crippen LogP contribution in [0.1, 0.15) is 22.4 Å². The number of anilines is 1. The lowest BCUT2D eigenvalue weighted by molar-refractivity contribution is 0.472. The largest absolute Gasteiger partial charge is 0.506 e. The molecule has 3 aromatic rings. The fourth-order valence-corrected chi connectivity index (χ4v) is 2.32. The fourth-order valence-electron chi connectivity index (χ4n) is 2.32. The zero-order valence-electron chi connectivity index (χ0n) is 13.4. The molecule has 6 heteroatoms. The summed E-state index contributed by atoms with van der Waals surface area (Å²) in [7, 11) is 0. The molecule has 0 unspecified atom stereocenters. The predicted octanol–water partition coefficient (Wildman–Crippen LogP) is 2.41. The molecule has 6 nitrogen and oxygen atoms in total. The van der Waals surface area contributed by atoms with Crippen molar-refractivity contribution in [2.45, 2.75) is 6.92 Å². The normalized spacial score (nSPS) is 9.76. The molecule has 120 valence electrons. The van der Waals surface area contributed by atoms with Crippen LogP contribution in [0.3, 0.4) is 0 Å². The Morgan fingerprint density at radius 1 is 1.08 bits per heavy atom. The van der Waals surface area contributed by atoms with E-state index in [1.54, 1.807) is 31.3 Å². The van der Waals surface area contributed by atoms with Crippen LogP contribution in [-0.4, -0.2) is 20.1 Å². The predicted molar refractivity (Wildman–Crippen MR) is 93.2 cm³/mol. The van der Waals surface area contributed by atoms with Gasteiger partial charge in [0.1, 0.15) is 5.75 Å². The van der Waals surface area contributed by atoms with Gasteiger partial charge < -0.3 is 10.8 Å². The Kier molecular flexibility index (Phi) is 4.28. The highest BCUT2D eigenvalue weighted by atomic mass is 16.3. The van der Waals surface area contributed by atoms with Gasteiger partial charge in [0.25, 0.3) is 0 Å². The Morgan fingerprint density at radius 2 is 1.92 bits per heavy atom. The van der Waals surface area contributed by atoms with E-state index in [1.807, 2.05) is 6.07 Å². The first-order valence-corrected chi connectivity index (χ1v) is 7.37. The highest BCUT2D eigenvalue weighted by molar-refractivity contribution is 5.71. The number of hydrogen-bond acceptors (Lipinski definition) is 6. The smallest absolute Gasteiger partial charge is 0.220 e. The van der Waals surface area contributed by atoms with Gasteiger partial charge in [0, 0.05) is 17.3 Å². The van der Waals surface area contributed by atoms with Crippen LogP contribution in [0.2, 0.25) is 0 Å². The molecule has 1 aromatic carbocycles. The third kappa shape index (κ3) is 3.54. The molecule has 0 saturated carbocycles. The van der Waals surface area contributed by atoms with Crippen molar-refractivity contribution in [1.82, 2.24) is 15.0 Å². The van der Waals surface area contributed by atoms with E-state index in [9.17, 15) is 5.11 Å². The molecule has 0 bridgehead atoms. The monoisotopic (exact) mass is 327 g/mol. The number of nitrogen functional groups attached to an aromatic ring is 1. The zero-order valence-corrected chi connectivity index (χ0v) is 13.4. The molecule has 0 spiro atoms. The molecule has 25 heavy (non-hydrogen) atoms. The molecule has 3 rings (SSSR count). The Morgan fingerprint density at radius 3 is 2.68 bits per heavy atom. The number of hydrogen-bond donors (Lipinski definition) is 2. The first-order chi connectivity index (χ1) is 12.1. The molecule has 0 aliphatic rings. The Labute approximate surface area is 144 Å². The highest BCUT2D eigenvalue weighted by Gasteiger charge is 2.11. The van der Waals surface area contributed by atoms with Gasteiger partial charge in [-0.2, -0.15) is 5.26 Å². The van der Waals surface area contributed by atoms with Gasteiger partial charge in [-0.3, -0.25) is 4.98 Å². The molecular formula is C19H13N5O. The van der Waals surface area contributed by atoms with Gasteiger partial charge >= 0.3 is 0 Å². The fraction of sp³-hybridized carbons (Fsp3) is 0.0526. The Bertz CT molecular complexity index is 1060. The van der Waals surface area contributed by atoms with Crippen molar-refractivity contribution in [2.75, 3.05) is 5.73 Å². The van der Waals surface area contributed by atoms with E-state index in [2.05, 4.69) is 32.9 Å². The minimum Gasteiger partial charge on any atom is -0.506 e. The van der Waals surface area contributed by atoms with Crippen molar-refractivity contribution in [3.63, 3.8) is 0 Å². The van der Waals surface area contributed by atoms with Gasteiger partial charge in [-0.15, -0.1) is 0 Å². The highest BCUT2D eigenvalue weighted by Crippen LogP contribution is 2.24. The van der Waals surface area contributed by atoms with Crippen molar-refractivity contribution >= 4 is 5.95 Å². The van der Waals surface area contributed by atoms with Crippen LogP contribution in [0.5, 0.6) is 5.75 Å². The second-order valence-corrected chi connectivity index (χ2v) is 5.27. The summed E-state index contributed by atoms with van der Waals surface area (Å²) in [6.07, 6.45) is 2.89. The maximum absolute atomic E-state index is 9.49. The van der Waals surface area contributed by atoms with Crippen LogP contribution in [0.25, 0.3) is 11.3 Å². The molecule has 0 atom stereocenters. The lowest BCUT2D eigenvalue weighted by Gasteiger charge is -2.08. The molecule has 0 saturated heterocycles. The summed E-state index contributed by atoms with van der Waals surface area (Å²) in [4.78, 5) is 12.4. The van der Waals surface area contributed by atoms with Gasteiger partial charge in [-0.05, 0) is 25.1 Å². The second-order valence-electron chi connectivity index (χ2n) is 5.27. The van der Waals surface area contributed by atoms with E-state index in [0.29, 0.717) is 28.1 Å². The summed E-state index contributed by atoms with van der Waals surface area (Å²) < 4.78 is 0. The molecule has 2 heterocycles. The van der Waals surface area contributed by atoms with Crippen LogP contribution in [-0.2, 0) is 0 Å². The van der Waals surface area contributed by atoms with Gasteiger partial charge in [0.05, 0.1) is 34.8 Å². The minimum atomic E-state index is 0.0408. The van der Waals surface area contributed by atoms with Gasteiger partial charge in [-0.25, -0.2) is 9.97 Å². The number of nitriles is 1. The molecule has 0 amide bonds. The quantitative estimate of drug-likeness (QED) is 0.664. The number of aryl methyl sites for hydroxylation is 1. The number of aromatic nitrogens is 3. The average Bonchev–Trinajstić information content (AvgIpc) is 2.60. The molecule has 2 aromatic heterocycles. The van der Waals surface area contributed by atoms with Crippen molar-refractivity contribution < 1.29 is 5.11 Å². The van der Waals surface area contributed by atoms with Crippen molar-refractivity contribution in [1.29, 1.82) is 5.26 Å². The lowest BCUT2D eigenvalue weighted by Crippen LogP contribution is -2.03. The van der Waals surface area contributed by atoms with Gasteiger partial charge in [-0.1, -0.05) is 24.0 Å². The van der Waals surface area contributed by atoms with Crippen LogP contribution in [0.15, 0.2) is 42.7 Å². The molecule has 0 aliphatic carbocycles. The third-order valence-corrected chi connectivity index (χ3v) is 3.43. The van der Waals surface area contributed by atoms with Crippen molar-refractivity contribution in [2.24, 2.45) is 0 Å². The molecule has 0 radical (unpaired) electrons. The number of rotatable bonds is 1. The number of benzene rings is 1. The summed E-state index contributed by atoms with van der Waals surface area (Å²) in [5.41, 5.74) is 9.39. The maximum Gasteiger partial charge on any atom is 0.220 e. The summed E-state index contributed by atoms with van der Waals surface area (Å²) in [6, 6.07) is 10.7. The van der Waals surface area contributed by atoms with Crippen molar-refractivity contribution in [3.8, 4) is 34.9 Å². The number of nitrogens with two attached hydrogens (primary N) is 1. The molecule has 0 fully saturated rings. The summed E-state index contributed by atoms with van der Waals surface area (Å²) in [5.74, 6) is 6.15.